The van der Waals surface area contributed by atoms with Gasteiger partial charge in [-0.1, -0.05) is 17.5 Å². The van der Waals surface area contributed by atoms with E-state index in [1.807, 2.05) is 0 Å². The van der Waals surface area contributed by atoms with E-state index in [1.54, 1.807) is 17.6 Å². The Morgan fingerprint density at radius 1 is 1.43 bits per heavy atom. The maximum atomic E-state index is 12.5. The molecule has 1 aliphatic heterocycles. The van der Waals surface area contributed by atoms with Gasteiger partial charge in [0.1, 0.15) is 6.04 Å². The van der Waals surface area contributed by atoms with E-state index in [2.05, 4.69) is 5.92 Å². The number of halogens is 1. The summed E-state index contributed by atoms with van der Waals surface area (Å²) in [6, 6.07) is 4.02. The topological polar surface area (TPSA) is 69.6 Å². The molecule has 0 spiro atoms. The first-order valence-corrected chi connectivity index (χ1v) is 6.97. The number of hydroxylamine groups is 1. The van der Waals surface area contributed by atoms with Crippen LogP contribution in [0, 0.1) is 12.3 Å². The third-order valence-corrected chi connectivity index (χ3v) is 3.86. The first kappa shape index (κ1) is 15.4. The number of amides is 2. The SMILES string of the molecule is C#Cc1ccc(C(=O)N2CCCCC2C(=O)NO)cc1Cl. The van der Waals surface area contributed by atoms with Crippen LogP contribution in [-0.4, -0.2) is 34.5 Å². The van der Waals surface area contributed by atoms with Crippen molar-refractivity contribution in [3.8, 4) is 12.3 Å². The highest BCUT2D eigenvalue weighted by Gasteiger charge is 2.32. The van der Waals surface area contributed by atoms with E-state index in [0.29, 0.717) is 29.1 Å². The maximum Gasteiger partial charge on any atom is 0.266 e. The van der Waals surface area contributed by atoms with Gasteiger partial charge in [-0.15, -0.1) is 6.42 Å². The Labute approximate surface area is 127 Å². The van der Waals surface area contributed by atoms with Crippen LogP contribution in [0.1, 0.15) is 35.2 Å². The van der Waals surface area contributed by atoms with Crippen LogP contribution in [0.5, 0.6) is 0 Å². The molecule has 1 unspecified atom stereocenters. The number of hydrogen-bond donors (Lipinski definition) is 2. The molecule has 1 aromatic rings. The normalized spacial score (nSPS) is 18.0. The molecule has 1 atom stereocenters. The number of piperidine rings is 1. The van der Waals surface area contributed by atoms with Crippen molar-refractivity contribution in [2.45, 2.75) is 25.3 Å². The lowest BCUT2D eigenvalue weighted by atomic mass is 10.00. The number of benzene rings is 1. The summed E-state index contributed by atoms with van der Waals surface area (Å²) in [4.78, 5) is 25.7. The van der Waals surface area contributed by atoms with Crippen molar-refractivity contribution in [1.82, 2.24) is 10.4 Å². The molecule has 0 radical (unpaired) electrons. The maximum absolute atomic E-state index is 12.5. The summed E-state index contributed by atoms with van der Waals surface area (Å²) in [6.07, 6.45) is 7.46. The van der Waals surface area contributed by atoms with Crippen LogP contribution in [0.3, 0.4) is 0 Å². The van der Waals surface area contributed by atoms with Gasteiger partial charge in [0, 0.05) is 17.7 Å². The average Bonchev–Trinajstić information content (AvgIpc) is 2.53. The standard InChI is InChI=1S/C15H15ClN2O3/c1-2-10-6-7-11(9-12(10)16)15(20)18-8-4-3-5-13(18)14(19)17-21/h1,6-7,9,13,21H,3-5,8H2,(H,17,19). The number of nitrogens with one attached hydrogen (secondary N) is 1. The molecule has 1 fully saturated rings. The largest absolute Gasteiger partial charge is 0.327 e. The molecule has 2 rings (SSSR count). The van der Waals surface area contributed by atoms with Crippen molar-refractivity contribution < 1.29 is 14.8 Å². The van der Waals surface area contributed by atoms with Gasteiger partial charge in [-0.25, -0.2) is 5.48 Å². The Bertz CT molecular complexity index is 609. The molecule has 0 saturated carbocycles. The van der Waals surface area contributed by atoms with E-state index in [1.165, 1.54) is 11.0 Å². The predicted molar refractivity (Wildman–Crippen MR) is 78.0 cm³/mol. The number of likely N-dealkylation sites (tertiary alicyclic amines) is 1. The second-order valence-corrected chi connectivity index (χ2v) is 5.23. The first-order chi connectivity index (χ1) is 10.1. The van der Waals surface area contributed by atoms with E-state index < -0.39 is 11.9 Å². The summed E-state index contributed by atoms with van der Waals surface area (Å²) >= 11 is 6.01. The number of rotatable bonds is 2. The van der Waals surface area contributed by atoms with Crippen LogP contribution in [0.4, 0.5) is 0 Å². The molecule has 0 aromatic heterocycles. The van der Waals surface area contributed by atoms with Crippen molar-refractivity contribution in [1.29, 1.82) is 0 Å². The van der Waals surface area contributed by atoms with E-state index in [0.717, 1.165) is 12.8 Å². The summed E-state index contributed by atoms with van der Waals surface area (Å²) in [7, 11) is 0. The van der Waals surface area contributed by atoms with E-state index in [4.69, 9.17) is 23.2 Å². The van der Waals surface area contributed by atoms with Crippen LogP contribution in [0.2, 0.25) is 5.02 Å². The second kappa shape index (κ2) is 6.61. The monoisotopic (exact) mass is 306 g/mol. The minimum Gasteiger partial charge on any atom is -0.327 e. The molecule has 1 aliphatic rings. The molecule has 2 amide bonds. The van der Waals surface area contributed by atoms with Crippen LogP contribution in [0.25, 0.3) is 0 Å². The fourth-order valence-electron chi connectivity index (χ4n) is 2.45. The smallest absolute Gasteiger partial charge is 0.266 e. The zero-order valence-corrected chi connectivity index (χ0v) is 12.1. The zero-order valence-electron chi connectivity index (χ0n) is 11.3. The number of terminal acetylenes is 1. The molecule has 5 nitrogen and oxygen atoms in total. The lowest BCUT2D eigenvalue weighted by Gasteiger charge is -2.34. The number of carbonyl (C=O) groups is 2. The molecule has 110 valence electrons. The number of nitrogens with zero attached hydrogens (tertiary/aromatic N) is 1. The van der Waals surface area contributed by atoms with E-state index >= 15 is 0 Å². The molecule has 1 aromatic carbocycles. The summed E-state index contributed by atoms with van der Waals surface area (Å²) in [6.45, 7) is 0.464. The fraction of sp³-hybridized carbons (Fsp3) is 0.333. The third kappa shape index (κ3) is 3.18. The molecule has 1 saturated heterocycles. The van der Waals surface area contributed by atoms with Crippen molar-refractivity contribution in [2.75, 3.05) is 6.54 Å². The number of hydrogen-bond acceptors (Lipinski definition) is 3. The zero-order chi connectivity index (χ0) is 15.4. The molecule has 6 heteroatoms. The Balaban J connectivity index is 2.27. The van der Waals surface area contributed by atoms with Gasteiger partial charge in [0.25, 0.3) is 11.8 Å². The summed E-state index contributed by atoms with van der Waals surface area (Å²) in [5, 5.41) is 9.11. The van der Waals surface area contributed by atoms with Crippen LogP contribution < -0.4 is 5.48 Å². The predicted octanol–water partition coefficient (Wildman–Crippen LogP) is 1.82. The minimum absolute atomic E-state index is 0.297. The summed E-state index contributed by atoms with van der Waals surface area (Å²) in [5.74, 6) is 1.55. The van der Waals surface area contributed by atoms with E-state index in [-0.39, 0.29) is 5.91 Å². The molecule has 0 bridgehead atoms. The van der Waals surface area contributed by atoms with Crippen molar-refractivity contribution in [3.05, 3.63) is 34.3 Å². The van der Waals surface area contributed by atoms with Crippen LogP contribution in [-0.2, 0) is 4.79 Å². The van der Waals surface area contributed by atoms with Gasteiger partial charge in [0.15, 0.2) is 0 Å². The first-order valence-electron chi connectivity index (χ1n) is 6.59. The average molecular weight is 307 g/mol. The highest BCUT2D eigenvalue weighted by Crippen LogP contribution is 2.22. The van der Waals surface area contributed by atoms with Crippen molar-refractivity contribution in [2.24, 2.45) is 0 Å². The quantitative estimate of drug-likeness (QED) is 0.497. The highest BCUT2D eigenvalue weighted by molar-refractivity contribution is 6.32. The van der Waals surface area contributed by atoms with Gasteiger partial charge in [-0.05, 0) is 37.5 Å². The van der Waals surface area contributed by atoms with E-state index in [9.17, 15) is 9.59 Å². The van der Waals surface area contributed by atoms with Gasteiger partial charge in [-0.2, -0.15) is 0 Å². The highest BCUT2D eigenvalue weighted by atomic mass is 35.5. The third-order valence-electron chi connectivity index (χ3n) is 3.55. The van der Waals surface area contributed by atoms with Crippen molar-refractivity contribution >= 4 is 23.4 Å². The Hall–Kier alpha value is -2.03. The Kier molecular flexibility index (Phi) is 4.84. The molecule has 0 aliphatic carbocycles. The van der Waals surface area contributed by atoms with Gasteiger partial charge < -0.3 is 4.90 Å². The Morgan fingerprint density at radius 3 is 2.81 bits per heavy atom. The molecule has 21 heavy (non-hydrogen) atoms. The summed E-state index contributed by atoms with van der Waals surface area (Å²) in [5.41, 5.74) is 2.50. The lowest BCUT2D eigenvalue weighted by Crippen LogP contribution is -2.51. The van der Waals surface area contributed by atoms with Crippen LogP contribution in [0.15, 0.2) is 18.2 Å². The molecular weight excluding hydrogens is 292 g/mol. The molecule has 1 heterocycles. The summed E-state index contributed by atoms with van der Waals surface area (Å²) < 4.78 is 0. The van der Waals surface area contributed by atoms with Crippen molar-refractivity contribution in [3.63, 3.8) is 0 Å². The lowest BCUT2D eigenvalue weighted by molar-refractivity contribution is -0.135. The van der Waals surface area contributed by atoms with Crippen LogP contribution >= 0.6 is 11.6 Å². The number of carbonyl (C=O) groups excluding carboxylic acids is 2. The molecular formula is C15H15ClN2O3. The minimum atomic E-state index is -0.665. The fourth-order valence-corrected chi connectivity index (χ4v) is 2.69. The van der Waals surface area contributed by atoms with Gasteiger partial charge in [-0.3, -0.25) is 14.8 Å². The van der Waals surface area contributed by atoms with Gasteiger partial charge in [0.2, 0.25) is 0 Å². The Morgan fingerprint density at radius 2 is 2.19 bits per heavy atom. The van der Waals surface area contributed by atoms with Gasteiger partial charge in [0.05, 0.1) is 5.02 Å². The molecule has 2 N–H and O–H groups in total. The second-order valence-electron chi connectivity index (χ2n) is 4.83. The van der Waals surface area contributed by atoms with Gasteiger partial charge >= 0.3 is 0 Å².